The van der Waals surface area contributed by atoms with Gasteiger partial charge in [0.05, 0.1) is 12.0 Å². The fraction of sp³-hybridized carbons (Fsp3) is 0.312. The minimum atomic E-state index is -0.558. The molecule has 1 N–H and O–H groups in total. The van der Waals surface area contributed by atoms with E-state index in [2.05, 4.69) is 10.3 Å². The molecule has 1 aliphatic carbocycles. The second-order valence-corrected chi connectivity index (χ2v) is 6.71. The van der Waals surface area contributed by atoms with E-state index in [1.807, 2.05) is 18.2 Å². The van der Waals surface area contributed by atoms with Crippen LogP contribution in [0.4, 0.5) is 5.82 Å². The number of fused-ring (bicyclic) bond motifs is 3. The van der Waals surface area contributed by atoms with Crippen LogP contribution in [0, 0.1) is 0 Å². The van der Waals surface area contributed by atoms with Gasteiger partial charge in [0.2, 0.25) is 5.91 Å². The predicted octanol–water partition coefficient (Wildman–Crippen LogP) is 2.31. The molecule has 0 saturated carbocycles. The summed E-state index contributed by atoms with van der Waals surface area (Å²) in [7, 11) is 0. The van der Waals surface area contributed by atoms with Crippen LogP contribution in [0.5, 0.6) is 0 Å². The molecule has 22 heavy (non-hydrogen) atoms. The van der Waals surface area contributed by atoms with Gasteiger partial charge >= 0.3 is 5.97 Å². The Morgan fingerprint density at radius 1 is 1.50 bits per heavy atom. The topological polar surface area (TPSA) is 68.3 Å². The number of anilines is 1. The molecular weight excluding hydrogens is 300 g/mol. The summed E-state index contributed by atoms with van der Waals surface area (Å²) in [5.74, 6) is 0.379. The molecular formula is C16H14N2O3S. The van der Waals surface area contributed by atoms with Crippen molar-refractivity contribution in [2.75, 3.05) is 11.9 Å². The first kappa shape index (κ1) is 13.5. The molecule has 5 nitrogen and oxygen atoms in total. The van der Waals surface area contributed by atoms with Gasteiger partial charge in [-0.15, -0.1) is 11.3 Å². The molecule has 4 rings (SSSR count). The van der Waals surface area contributed by atoms with Crippen molar-refractivity contribution in [2.24, 2.45) is 0 Å². The minimum Gasteiger partial charge on any atom is -0.462 e. The Labute approximate surface area is 131 Å². The lowest BCUT2D eigenvalue weighted by atomic mass is 9.80. The standard InChI is InChI=1S/C16H14N2O3S/c1-2-21-14(19)11-6-9-7-16(8-12(9)22-11)10-4-3-5-17-13(10)18-15(16)20/h3-6H,2,7-8H2,1H3,(H,17,18,20)/t16-/m1/s1. The summed E-state index contributed by atoms with van der Waals surface area (Å²) in [5.41, 5.74) is 1.47. The molecule has 0 saturated heterocycles. The van der Waals surface area contributed by atoms with Gasteiger partial charge in [-0.3, -0.25) is 4.79 Å². The van der Waals surface area contributed by atoms with Crippen LogP contribution in [0.15, 0.2) is 24.4 Å². The number of nitrogens with zero attached hydrogens (tertiary/aromatic N) is 1. The smallest absolute Gasteiger partial charge is 0.348 e. The van der Waals surface area contributed by atoms with Crippen LogP contribution in [-0.2, 0) is 27.8 Å². The average Bonchev–Trinajstić information content (AvgIpc) is 3.12. The Balaban J connectivity index is 1.69. The fourth-order valence-electron chi connectivity index (χ4n) is 3.32. The van der Waals surface area contributed by atoms with Crippen molar-refractivity contribution in [1.29, 1.82) is 0 Å². The summed E-state index contributed by atoms with van der Waals surface area (Å²) in [5, 5.41) is 2.88. The van der Waals surface area contributed by atoms with Crippen molar-refractivity contribution in [3.63, 3.8) is 0 Å². The first-order valence-electron chi connectivity index (χ1n) is 7.20. The number of aromatic nitrogens is 1. The second-order valence-electron chi connectivity index (χ2n) is 5.57. The maximum absolute atomic E-state index is 12.5. The number of ether oxygens (including phenoxy) is 1. The Morgan fingerprint density at radius 3 is 3.14 bits per heavy atom. The van der Waals surface area contributed by atoms with Gasteiger partial charge in [0.15, 0.2) is 0 Å². The molecule has 112 valence electrons. The van der Waals surface area contributed by atoms with Gasteiger partial charge in [-0.05, 0) is 31.0 Å². The highest BCUT2D eigenvalue weighted by Gasteiger charge is 2.51. The number of amides is 1. The van der Waals surface area contributed by atoms with Crippen LogP contribution in [0.2, 0.25) is 0 Å². The third kappa shape index (κ3) is 1.73. The molecule has 3 heterocycles. The summed E-state index contributed by atoms with van der Waals surface area (Å²) in [6.45, 7) is 2.16. The first-order valence-corrected chi connectivity index (χ1v) is 8.01. The molecule has 1 spiro atoms. The Bertz CT molecular complexity index is 773. The molecule has 1 atom stereocenters. The zero-order valence-corrected chi connectivity index (χ0v) is 12.8. The van der Waals surface area contributed by atoms with E-state index in [0.29, 0.717) is 30.1 Å². The molecule has 2 aromatic rings. The fourth-order valence-corrected chi connectivity index (χ4v) is 4.51. The SMILES string of the molecule is CCOC(=O)c1cc2c(s1)C[C@@]1(C2)C(=O)Nc2ncccc21. The van der Waals surface area contributed by atoms with Gasteiger partial charge in [0.1, 0.15) is 10.7 Å². The van der Waals surface area contributed by atoms with Gasteiger partial charge < -0.3 is 10.1 Å². The Morgan fingerprint density at radius 2 is 2.36 bits per heavy atom. The highest BCUT2D eigenvalue weighted by atomic mass is 32.1. The third-order valence-corrected chi connectivity index (χ3v) is 5.48. The number of hydrogen-bond acceptors (Lipinski definition) is 5. The molecule has 1 aliphatic heterocycles. The predicted molar refractivity (Wildman–Crippen MR) is 82.2 cm³/mol. The lowest BCUT2D eigenvalue weighted by molar-refractivity contribution is -0.120. The van der Waals surface area contributed by atoms with Crippen molar-refractivity contribution in [2.45, 2.75) is 25.2 Å². The van der Waals surface area contributed by atoms with Crippen molar-refractivity contribution < 1.29 is 14.3 Å². The summed E-state index contributed by atoms with van der Waals surface area (Å²) in [6.07, 6.45) is 2.92. The number of carbonyl (C=O) groups is 2. The van der Waals surface area contributed by atoms with Gasteiger partial charge in [0, 0.05) is 23.1 Å². The summed E-state index contributed by atoms with van der Waals surface area (Å²) >= 11 is 1.43. The minimum absolute atomic E-state index is 0.00212. The lowest BCUT2D eigenvalue weighted by Gasteiger charge is -2.20. The number of nitrogens with one attached hydrogen (secondary N) is 1. The van der Waals surface area contributed by atoms with E-state index in [1.165, 1.54) is 11.3 Å². The maximum Gasteiger partial charge on any atom is 0.348 e. The van der Waals surface area contributed by atoms with Gasteiger partial charge in [-0.25, -0.2) is 9.78 Å². The monoisotopic (exact) mass is 314 g/mol. The molecule has 1 amide bonds. The number of hydrogen-bond donors (Lipinski definition) is 1. The van der Waals surface area contributed by atoms with E-state index in [1.54, 1.807) is 13.1 Å². The van der Waals surface area contributed by atoms with Crippen LogP contribution >= 0.6 is 11.3 Å². The zero-order valence-electron chi connectivity index (χ0n) is 12.0. The molecule has 2 aromatic heterocycles. The summed E-state index contributed by atoms with van der Waals surface area (Å²) in [4.78, 5) is 30.3. The highest BCUT2D eigenvalue weighted by Crippen LogP contribution is 2.48. The lowest BCUT2D eigenvalue weighted by Crippen LogP contribution is -2.35. The number of esters is 1. The molecule has 0 fully saturated rings. The van der Waals surface area contributed by atoms with E-state index in [-0.39, 0.29) is 11.9 Å². The van der Waals surface area contributed by atoms with Crippen molar-refractivity contribution >= 4 is 29.0 Å². The molecule has 0 bridgehead atoms. The molecule has 6 heteroatoms. The number of pyridine rings is 1. The molecule has 2 aliphatic rings. The summed E-state index contributed by atoms with van der Waals surface area (Å²) in [6, 6.07) is 5.69. The van der Waals surface area contributed by atoms with Gasteiger partial charge in [-0.2, -0.15) is 0 Å². The van der Waals surface area contributed by atoms with Gasteiger partial charge in [0.25, 0.3) is 0 Å². The third-order valence-electron chi connectivity index (χ3n) is 4.32. The van der Waals surface area contributed by atoms with Crippen LogP contribution in [0.1, 0.15) is 32.6 Å². The van der Waals surface area contributed by atoms with E-state index in [9.17, 15) is 9.59 Å². The van der Waals surface area contributed by atoms with Crippen molar-refractivity contribution in [3.8, 4) is 0 Å². The maximum atomic E-state index is 12.5. The quantitative estimate of drug-likeness (QED) is 0.864. The molecule has 0 unspecified atom stereocenters. The van der Waals surface area contributed by atoms with Gasteiger partial charge in [-0.1, -0.05) is 6.07 Å². The van der Waals surface area contributed by atoms with Crippen molar-refractivity contribution in [3.05, 3.63) is 45.3 Å². The van der Waals surface area contributed by atoms with Crippen LogP contribution in [0.25, 0.3) is 0 Å². The first-order chi connectivity index (χ1) is 10.6. The second kappa shape index (κ2) is 4.64. The largest absolute Gasteiger partial charge is 0.462 e. The highest BCUT2D eigenvalue weighted by molar-refractivity contribution is 7.14. The van der Waals surface area contributed by atoms with Crippen LogP contribution < -0.4 is 5.32 Å². The summed E-state index contributed by atoms with van der Waals surface area (Å²) < 4.78 is 5.04. The number of rotatable bonds is 2. The molecule has 0 radical (unpaired) electrons. The Hall–Kier alpha value is -2.21. The van der Waals surface area contributed by atoms with Crippen LogP contribution in [0.3, 0.4) is 0 Å². The number of carbonyl (C=O) groups excluding carboxylic acids is 2. The van der Waals surface area contributed by atoms with Crippen LogP contribution in [-0.4, -0.2) is 23.5 Å². The van der Waals surface area contributed by atoms with E-state index < -0.39 is 5.41 Å². The molecule has 0 aromatic carbocycles. The average molecular weight is 314 g/mol. The van der Waals surface area contributed by atoms with E-state index in [0.717, 1.165) is 16.0 Å². The van der Waals surface area contributed by atoms with E-state index in [4.69, 9.17) is 4.74 Å². The Kier molecular flexibility index (Phi) is 2.84. The zero-order chi connectivity index (χ0) is 15.3. The normalized spacial score (nSPS) is 21.6. The van der Waals surface area contributed by atoms with E-state index >= 15 is 0 Å². The van der Waals surface area contributed by atoms with Crippen molar-refractivity contribution in [1.82, 2.24) is 4.98 Å². The number of thiophene rings is 1.